The summed E-state index contributed by atoms with van der Waals surface area (Å²) < 4.78 is 28.6. The maximum Gasteiger partial charge on any atom is 0.0541 e. The van der Waals surface area contributed by atoms with Crippen LogP contribution in [-0.4, -0.2) is 62.0 Å². The Kier molecular flexibility index (Phi) is 19.6. The van der Waals surface area contributed by atoms with Crippen LogP contribution in [0.3, 0.4) is 0 Å². The molecule has 2 heterocycles. The zero-order valence-corrected chi connectivity index (χ0v) is 43.0. The van der Waals surface area contributed by atoms with Crippen molar-refractivity contribution in [2.75, 3.05) is 52.9 Å². The molecule has 6 nitrogen and oxygen atoms in total. The number of hydrogen-bond acceptors (Lipinski definition) is 4. The molecular formula is C64H80N2O4. The molecule has 0 spiro atoms. The zero-order chi connectivity index (χ0) is 48.3. The van der Waals surface area contributed by atoms with Crippen molar-refractivity contribution < 1.29 is 18.9 Å². The van der Waals surface area contributed by atoms with E-state index in [1.165, 1.54) is 114 Å². The van der Waals surface area contributed by atoms with E-state index in [1.54, 1.807) is 0 Å². The minimum atomic E-state index is 0.813. The first-order valence-corrected chi connectivity index (χ1v) is 27.2. The molecule has 0 aliphatic rings. The molecule has 0 aliphatic carbocycles. The molecule has 0 radical (unpaired) electrons. The Hall–Kier alpha value is -5.24. The van der Waals surface area contributed by atoms with Gasteiger partial charge in [-0.3, -0.25) is 0 Å². The molecule has 0 bridgehead atoms. The lowest BCUT2D eigenvalue weighted by Gasteiger charge is -2.12. The van der Waals surface area contributed by atoms with Crippen LogP contribution in [0.15, 0.2) is 121 Å². The monoisotopic (exact) mass is 941 g/mol. The summed E-state index contributed by atoms with van der Waals surface area (Å²) in [5.41, 5.74) is 15.2. The van der Waals surface area contributed by atoms with Crippen LogP contribution in [0, 0.1) is 0 Å². The molecule has 0 unspecified atom stereocenters. The summed E-state index contributed by atoms with van der Waals surface area (Å²) in [5.74, 6) is 0. The highest BCUT2D eigenvalue weighted by Crippen LogP contribution is 2.37. The van der Waals surface area contributed by atoms with E-state index < -0.39 is 0 Å². The number of aromatic nitrogens is 2. The Labute approximate surface area is 419 Å². The summed E-state index contributed by atoms with van der Waals surface area (Å²) in [6.07, 6.45) is 17.4. The van der Waals surface area contributed by atoms with E-state index in [9.17, 15) is 0 Å². The summed E-state index contributed by atoms with van der Waals surface area (Å²) in [5, 5.41) is 5.27. The van der Waals surface area contributed by atoms with E-state index in [1.807, 2.05) is 0 Å². The fourth-order valence-electron chi connectivity index (χ4n) is 9.93. The molecule has 0 saturated heterocycles. The van der Waals surface area contributed by atoms with Crippen molar-refractivity contribution in [1.82, 2.24) is 9.13 Å². The number of unbranched alkanes of at least 4 members (excludes halogenated alkanes) is 4. The first kappa shape index (κ1) is 51.1. The number of ether oxygens (including phenoxy) is 4. The van der Waals surface area contributed by atoms with Crippen molar-refractivity contribution in [2.24, 2.45) is 0 Å². The molecule has 70 heavy (non-hydrogen) atoms. The maximum absolute atomic E-state index is 5.92. The number of fused-ring (bicyclic) bond motifs is 6. The van der Waals surface area contributed by atoms with Crippen molar-refractivity contribution >= 4 is 43.6 Å². The SMILES string of the molecule is CCCCOCCCc1ccc2c(c1)c1cc(CCCOCCCC)ccc1n2-c1ccc(-c2ccc(-n3c4ccc(CCCOCCCC)cc4c4cc(CCCOCCCC)ccc43)cc2)cc1. The normalized spacial score (nSPS) is 11.9. The third-order valence-electron chi connectivity index (χ3n) is 14.0. The van der Waals surface area contributed by atoms with E-state index in [0.717, 1.165) is 130 Å². The standard InChI is InChI=1S/C64H80N2O4/c1-5-9-37-67-41-13-17-49-21-33-61-57(45-49)58-46-50(18-14-42-68-38-10-6-2)22-34-62(58)65(61)55-29-25-53(26-30-55)54-27-31-56(32-28-54)66-63-35-23-51(19-15-43-69-39-11-7-3)47-59(63)60-48-52(24-36-64(60)66)20-16-44-70-40-12-8-4/h21-36,45-48H,5-20,37-44H2,1-4H3. The Balaban J connectivity index is 1.04. The van der Waals surface area contributed by atoms with E-state index in [-0.39, 0.29) is 0 Å². The van der Waals surface area contributed by atoms with Gasteiger partial charge in [0.25, 0.3) is 0 Å². The zero-order valence-electron chi connectivity index (χ0n) is 43.0. The van der Waals surface area contributed by atoms with Gasteiger partial charge in [0.2, 0.25) is 0 Å². The molecular weight excluding hydrogens is 861 g/mol. The van der Waals surface area contributed by atoms with Gasteiger partial charge in [0.1, 0.15) is 0 Å². The second kappa shape index (κ2) is 26.8. The van der Waals surface area contributed by atoms with Crippen LogP contribution in [0.1, 0.15) is 127 Å². The topological polar surface area (TPSA) is 46.8 Å². The van der Waals surface area contributed by atoms with Gasteiger partial charge < -0.3 is 28.1 Å². The number of aryl methyl sites for hydroxylation is 4. The predicted octanol–water partition coefficient (Wildman–Crippen LogP) is 16.5. The first-order chi connectivity index (χ1) is 34.6. The second-order valence-electron chi connectivity index (χ2n) is 19.4. The highest BCUT2D eigenvalue weighted by Gasteiger charge is 2.17. The molecule has 6 aromatic carbocycles. The van der Waals surface area contributed by atoms with E-state index in [4.69, 9.17) is 18.9 Å². The number of rotatable bonds is 31. The Morgan fingerprint density at radius 2 is 0.529 bits per heavy atom. The van der Waals surface area contributed by atoms with Crippen LogP contribution in [0.25, 0.3) is 66.1 Å². The average molecular weight is 941 g/mol. The predicted molar refractivity (Wildman–Crippen MR) is 297 cm³/mol. The van der Waals surface area contributed by atoms with Crippen LogP contribution in [0.2, 0.25) is 0 Å². The summed E-state index contributed by atoms with van der Waals surface area (Å²) >= 11 is 0. The lowest BCUT2D eigenvalue weighted by molar-refractivity contribution is 0.129. The van der Waals surface area contributed by atoms with Crippen molar-refractivity contribution in [1.29, 1.82) is 0 Å². The third-order valence-corrected chi connectivity index (χ3v) is 14.0. The Bertz CT molecular complexity index is 2490. The average Bonchev–Trinajstić information content (AvgIpc) is 3.89. The van der Waals surface area contributed by atoms with Gasteiger partial charge in [-0.05, 0) is 183 Å². The van der Waals surface area contributed by atoms with Gasteiger partial charge in [-0.25, -0.2) is 0 Å². The maximum atomic E-state index is 5.92. The molecule has 6 heteroatoms. The minimum absolute atomic E-state index is 0.813. The summed E-state index contributed by atoms with van der Waals surface area (Å²) in [7, 11) is 0. The number of nitrogens with zero attached hydrogens (tertiary/aromatic N) is 2. The van der Waals surface area contributed by atoms with Crippen molar-refractivity contribution in [3.63, 3.8) is 0 Å². The quantitative estimate of drug-likeness (QED) is 0.0407. The van der Waals surface area contributed by atoms with Gasteiger partial charge in [-0.15, -0.1) is 0 Å². The largest absolute Gasteiger partial charge is 0.381 e. The van der Waals surface area contributed by atoms with Crippen LogP contribution < -0.4 is 0 Å². The van der Waals surface area contributed by atoms with Crippen molar-refractivity contribution in [2.45, 2.75) is 130 Å². The van der Waals surface area contributed by atoms with Crippen LogP contribution in [0.5, 0.6) is 0 Å². The lowest BCUT2D eigenvalue weighted by atomic mass is 10.0. The second-order valence-corrected chi connectivity index (χ2v) is 19.4. The highest BCUT2D eigenvalue weighted by atomic mass is 16.5. The van der Waals surface area contributed by atoms with Crippen molar-refractivity contribution in [3.8, 4) is 22.5 Å². The molecule has 0 amide bonds. The van der Waals surface area contributed by atoms with E-state index in [0.29, 0.717) is 0 Å². The molecule has 2 aromatic heterocycles. The summed E-state index contributed by atoms with van der Waals surface area (Å²) in [6.45, 7) is 15.5. The molecule has 0 aliphatic heterocycles. The number of hydrogen-bond donors (Lipinski definition) is 0. The molecule has 0 fully saturated rings. The molecule has 0 saturated carbocycles. The molecule has 370 valence electrons. The van der Waals surface area contributed by atoms with Gasteiger partial charge >= 0.3 is 0 Å². The van der Waals surface area contributed by atoms with Gasteiger partial charge in [-0.2, -0.15) is 0 Å². The summed E-state index contributed by atoms with van der Waals surface area (Å²) in [6, 6.07) is 46.7. The minimum Gasteiger partial charge on any atom is -0.381 e. The van der Waals surface area contributed by atoms with Crippen molar-refractivity contribution in [3.05, 3.63) is 144 Å². The molecule has 8 aromatic rings. The van der Waals surface area contributed by atoms with Gasteiger partial charge in [0, 0.05) is 85.8 Å². The molecule has 0 N–H and O–H groups in total. The van der Waals surface area contributed by atoms with E-state index >= 15 is 0 Å². The lowest BCUT2D eigenvalue weighted by Crippen LogP contribution is -1.99. The molecule has 0 atom stereocenters. The van der Waals surface area contributed by atoms with Crippen LogP contribution >= 0.6 is 0 Å². The van der Waals surface area contributed by atoms with Gasteiger partial charge in [0.05, 0.1) is 22.1 Å². The fraction of sp³-hybridized carbons (Fsp3) is 0.438. The Morgan fingerprint density at radius 1 is 0.286 bits per heavy atom. The van der Waals surface area contributed by atoms with Gasteiger partial charge in [0.15, 0.2) is 0 Å². The van der Waals surface area contributed by atoms with Crippen LogP contribution in [-0.2, 0) is 44.6 Å². The van der Waals surface area contributed by atoms with Crippen LogP contribution in [0.4, 0.5) is 0 Å². The smallest absolute Gasteiger partial charge is 0.0541 e. The highest BCUT2D eigenvalue weighted by molar-refractivity contribution is 6.10. The fourth-order valence-corrected chi connectivity index (χ4v) is 9.93. The number of benzene rings is 6. The Morgan fingerprint density at radius 3 is 0.771 bits per heavy atom. The first-order valence-electron chi connectivity index (χ1n) is 27.2. The molecule has 8 rings (SSSR count). The third kappa shape index (κ3) is 13.2. The summed E-state index contributed by atoms with van der Waals surface area (Å²) in [4.78, 5) is 0. The van der Waals surface area contributed by atoms with Gasteiger partial charge in [-0.1, -0.05) is 102 Å². The van der Waals surface area contributed by atoms with E-state index in [2.05, 4.69) is 158 Å².